The number of aliphatic hydroxyl groups excluding tert-OH is 1. The average molecular weight is 608 g/mol. The highest BCUT2D eigenvalue weighted by molar-refractivity contribution is 6.07. The first kappa shape index (κ1) is 30.6. The van der Waals surface area contributed by atoms with Crippen molar-refractivity contribution in [3.05, 3.63) is 119 Å². The number of carbonyl (C=O) groups is 3. The lowest BCUT2D eigenvalue weighted by molar-refractivity contribution is -0.124. The number of hydrogen-bond acceptors (Lipinski definition) is 6. The number of ether oxygens (including phenoxy) is 1. The molecule has 3 aromatic rings. The minimum Gasteiger partial charge on any atom is -0.443 e. The maximum absolute atomic E-state index is 14.7. The predicted molar refractivity (Wildman–Crippen MR) is 171 cm³/mol. The van der Waals surface area contributed by atoms with Gasteiger partial charge in [0.05, 0.1) is 24.1 Å². The Morgan fingerprint density at radius 3 is 2.22 bits per heavy atom. The highest BCUT2D eigenvalue weighted by Gasteiger charge is 2.55. The minimum absolute atomic E-state index is 0.0640. The molecule has 4 N–H and O–H groups in total. The van der Waals surface area contributed by atoms with E-state index < -0.39 is 35.8 Å². The summed E-state index contributed by atoms with van der Waals surface area (Å²) in [5.41, 5.74) is 2.92. The molecule has 1 saturated heterocycles. The van der Waals surface area contributed by atoms with Crippen LogP contribution in [0.25, 0.3) is 0 Å². The van der Waals surface area contributed by atoms with Crippen LogP contribution >= 0.6 is 0 Å². The van der Waals surface area contributed by atoms with E-state index in [1.165, 1.54) is 0 Å². The van der Waals surface area contributed by atoms with Gasteiger partial charge in [0.25, 0.3) is 0 Å². The van der Waals surface area contributed by atoms with Gasteiger partial charge in [-0.05, 0) is 34.1 Å². The first-order chi connectivity index (χ1) is 21.5. The van der Waals surface area contributed by atoms with Crippen molar-refractivity contribution in [2.24, 2.45) is 5.41 Å². The third kappa shape index (κ3) is 6.38. The highest BCUT2D eigenvalue weighted by Crippen LogP contribution is 2.50. The van der Waals surface area contributed by atoms with Crippen LogP contribution in [0.2, 0.25) is 0 Å². The Balaban J connectivity index is 1.32. The fourth-order valence-electron chi connectivity index (χ4n) is 7.09. The number of alkyl carbamates (subject to hydrolysis) is 1. The molecule has 0 spiro atoms. The van der Waals surface area contributed by atoms with Crippen LogP contribution in [0.15, 0.2) is 96.7 Å². The van der Waals surface area contributed by atoms with Crippen molar-refractivity contribution in [3.63, 3.8) is 0 Å². The van der Waals surface area contributed by atoms with Crippen LogP contribution in [0.4, 0.5) is 4.79 Å². The maximum atomic E-state index is 14.7. The molecule has 6 atom stereocenters. The zero-order valence-electron chi connectivity index (χ0n) is 26.0. The van der Waals surface area contributed by atoms with Gasteiger partial charge in [-0.15, -0.1) is 0 Å². The minimum atomic E-state index is -1.18. The fraction of sp³-hybridized carbons (Fsp3) is 0.378. The number of rotatable bonds is 10. The first-order valence-corrected chi connectivity index (χ1v) is 15.7. The van der Waals surface area contributed by atoms with Crippen molar-refractivity contribution < 1.29 is 24.2 Å². The number of benzene rings is 3. The Hall–Kier alpha value is -4.43. The second-order valence-corrected chi connectivity index (χ2v) is 13.8. The van der Waals surface area contributed by atoms with Crippen LogP contribution in [0.5, 0.6) is 0 Å². The number of hydrogen-bond donors (Lipinski definition) is 4. The van der Waals surface area contributed by atoms with Crippen LogP contribution in [-0.2, 0) is 27.2 Å². The van der Waals surface area contributed by atoms with Gasteiger partial charge in [-0.3, -0.25) is 9.59 Å². The molecule has 0 aromatic heterocycles. The van der Waals surface area contributed by atoms with Crippen molar-refractivity contribution in [1.29, 1.82) is 0 Å². The van der Waals surface area contributed by atoms with Gasteiger partial charge in [-0.1, -0.05) is 106 Å². The molecule has 8 nitrogen and oxygen atoms in total. The molecule has 3 aromatic carbocycles. The number of fused-ring (bicyclic) bond motifs is 3. The number of nitrogens with one attached hydrogen (secondary N) is 3. The molecular weight excluding hydrogens is 566 g/mol. The molecule has 1 aliphatic carbocycles. The molecule has 2 heterocycles. The standard InChI is InChI=1S/C37H41N3O5/c1-36(2,3)21-30(42)39-28(18-23-12-6-4-7-13-23)29(41)20-37(19-24-14-8-5-9-15-24)34(43)27(22-38-37)31-25-16-10-11-17-26(25)32-33(31)45-35(44)40-32/h4-17,22,28-29,31-33,38,41H,18-21H2,1-3H3,(H,39,42)(H,40,44)/t28-,29-,31?,32+,33?,37-/m0/s1. The molecule has 6 rings (SSSR count). The molecule has 2 amide bonds. The normalized spacial score (nSPS) is 24.9. The molecular formula is C37H41N3O5. The Bertz CT molecular complexity index is 1600. The second kappa shape index (κ2) is 12.2. The fourth-order valence-corrected chi connectivity index (χ4v) is 7.09. The molecule has 0 radical (unpaired) electrons. The van der Waals surface area contributed by atoms with E-state index in [1.807, 2.05) is 106 Å². The Morgan fingerprint density at radius 1 is 0.933 bits per heavy atom. The maximum Gasteiger partial charge on any atom is 0.408 e. The van der Waals surface area contributed by atoms with Gasteiger partial charge in [0.2, 0.25) is 5.91 Å². The smallest absolute Gasteiger partial charge is 0.408 e. The van der Waals surface area contributed by atoms with Gasteiger partial charge >= 0.3 is 6.09 Å². The summed E-state index contributed by atoms with van der Waals surface area (Å²) in [5.74, 6) is -0.743. The van der Waals surface area contributed by atoms with Crippen molar-refractivity contribution in [3.8, 4) is 0 Å². The monoisotopic (exact) mass is 607 g/mol. The molecule has 45 heavy (non-hydrogen) atoms. The van der Waals surface area contributed by atoms with Crippen molar-refractivity contribution in [1.82, 2.24) is 16.0 Å². The molecule has 2 unspecified atom stereocenters. The van der Waals surface area contributed by atoms with E-state index in [4.69, 9.17) is 4.74 Å². The molecule has 8 heteroatoms. The van der Waals surface area contributed by atoms with E-state index in [9.17, 15) is 19.5 Å². The van der Waals surface area contributed by atoms with E-state index in [2.05, 4.69) is 16.0 Å². The van der Waals surface area contributed by atoms with Crippen LogP contribution in [-0.4, -0.2) is 46.7 Å². The summed E-state index contributed by atoms with van der Waals surface area (Å²) < 4.78 is 5.73. The van der Waals surface area contributed by atoms with Crippen molar-refractivity contribution in [2.45, 2.75) is 82.2 Å². The Kier molecular flexibility index (Phi) is 8.27. The summed E-state index contributed by atoms with van der Waals surface area (Å²) in [6.45, 7) is 6.00. The average Bonchev–Trinajstić information content (AvgIpc) is 3.62. The van der Waals surface area contributed by atoms with Gasteiger partial charge in [-0.2, -0.15) is 0 Å². The van der Waals surface area contributed by atoms with E-state index in [1.54, 1.807) is 6.20 Å². The van der Waals surface area contributed by atoms with Gasteiger partial charge in [0.1, 0.15) is 11.6 Å². The van der Waals surface area contributed by atoms with Gasteiger partial charge < -0.3 is 25.8 Å². The van der Waals surface area contributed by atoms with Crippen LogP contribution in [0.3, 0.4) is 0 Å². The molecule has 0 saturated carbocycles. The Labute approximate surface area is 264 Å². The summed E-state index contributed by atoms with van der Waals surface area (Å²) in [5, 5.41) is 21.3. The van der Waals surface area contributed by atoms with E-state index in [0.29, 0.717) is 24.8 Å². The SMILES string of the molecule is CC(C)(C)CC(=O)N[C@@H](Cc1ccccc1)[C@@H](O)C[C@]1(Cc2ccccc2)NC=C(C2c3ccccc3[C@H]3NC(=O)OC23)C1=O. The van der Waals surface area contributed by atoms with Gasteiger partial charge in [-0.25, -0.2) is 4.79 Å². The van der Waals surface area contributed by atoms with E-state index >= 15 is 0 Å². The summed E-state index contributed by atoms with van der Waals surface area (Å²) in [4.78, 5) is 40.2. The number of Topliss-reactive ketones (excluding diaryl/α,β-unsaturated/α-hetero) is 1. The largest absolute Gasteiger partial charge is 0.443 e. The lowest BCUT2D eigenvalue weighted by atomic mass is 9.76. The topological polar surface area (TPSA) is 117 Å². The quantitative estimate of drug-likeness (QED) is 0.261. The van der Waals surface area contributed by atoms with Gasteiger partial charge in [0, 0.05) is 31.0 Å². The summed E-state index contributed by atoms with van der Waals surface area (Å²) in [6.07, 6.45) is 0.771. The zero-order chi connectivity index (χ0) is 31.8. The van der Waals surface area contributed by atoms with Crippen LogP contribution < -0.4 is 16.0 Å². The molecule has 2 aliphatic heterocycles. The van der Waals surface area contributed by atoms with Gasteiger partial charge in [0.15, 0.2) is 5.78 Å². The van der Waals surface area contributed by atoms with Crippen LogP contribution in [0, 0.1) is 5.41 Å². The van der Waals surface area contributed by atoms with E-state index in [0.717, 1.165) is 22.3 Å². The van der Waals surface area contributed by atoms with Crippen LogP contribution in [0.1, 0.15) is 67.8 Å². The third-order valence-electron chi connectivity index (χ3n) is 9.08. The second-order valence-electron chi connectivity index (χ2n) is 13.8. The Morgan fingerprint density at radius 2 is 1.56 bits per heavy atom. The number of aliphatic hydroxyl groups is 1. The predicted octanol–water partition coefficient (Wildman–Crippen LogP) is 4.89. The summed E-state index contributed by atoms with van der Waals surface area (Å²) in [6, 6.07) is 26.3. The van der Waals surface area contributed by atoms with E-state index in [-0.39, 0.29) is 29.6 Å². The van der Waals surface area contributed by atoms with Crippen molar-refractivity contribution >= 4 is 17.8 Å². The molecule has 1 fully saturated rings. The summed E-state index contributed by atoms with van der Waals surface area (Å²) >= 11 is 0. The summed E-state index contributed by atoms with van der Waals surface area (Å²) in [7, 11) is 0. The number of carbonyl (C=O) groups excluding carboxylic acids is 3. The molecule has 3 aliphatic rings. The molecule has 234 valence electrons. The number of ketones is 1. The van der Waals surface area contributed by atoms with Crippen molar-refractivity contribution in [2.75, 3.05) is 0 Å². The first-order valence-electron chi connectivity index (χ1n) is 15.7. The molecule has 0 bridgehead atoms. The highest BCUT2D eigenvalue weighted by atomic mass is 16.6. The lowest BCUT2D eigenvalue weighted by Crippen LogP contribution is -2.55. The third-order valence-corrected chi connectivity index (χ3v) is 9.08. The lowest BCUT2D eigenvalue weighted by Gasteiger charge is -2.35. The zero-order valence-corrected chi connectivity index (χ0v) is 26.0. The number of amides is 2.